The molecule has 25 unspecified atom stereocenters. The summed E-state index contributed by atoms with van der Waals surface area (Å²) < 4.78 is 0. The summed E-state index contributed by atoms with van der Waals surface area (Å²) in [5.74, 6) is 14.0. The maximum atomic E-state index is 3.05. The molecular weight excluding hydrogens is 432 g/mol. The van der Waals surface area contributed by atoms with Crippen molar-refractivity contribution >= 4 is 0 Å². The Kier molecular flexibility index (Phi) is 1.39. The predicted molar refractivity (Wildman–Crippen MR) is 133 cm³/mol. The highest BCUT2D eigenvalue weighted by Crippen LogP contribution is 3.43. The van der Waals surface area contributed by atoms with Crippen molar-refractivity contribution in [1.82, 2.24) is 0 Å². The Morgan fingerprint density at radius 3 is 2.06 bits per heavy atom. The fraction of sp³-hybridized carbons (Fsp3) is 1.00. The molecule has 0 amide bonds. The van der Waals surface area contributed by atoms with Gasteiger partial charge in [0.1, 0.15) is 0 Å². The molecule has 0 aromatic rings. The fourth-order valence-corrected chi connectivity index (χ4v) is 29.4. The van der Waals surface area contributed by atoms with Crippen LogP contribution in [0, 0.1) is 141 Å². The Bertz CT molecular complexity index is 1610. The molecule has 0 N–H and O–H groups in total. The zero-order chi connectivity index (χ0) is 23.5. The predicted octanol–water partition coefficient (Wildman–Crippen LogP) is 6.75. The van der Waals surface area contributed by atoms with Gasteiger partial charge in [0.05, 0.1) is 0 Å². The number of rotatable bonds is 0. The van der Waals surface area contributed by atoms with Crippen molar-refractivity contribution in [2.75, 3.05) is 0 Å². The molecule has 0 aromatic carbocycles. The van der Waals surface area contributed by atoms with Gasteiger partial charge in [-0.05, 0) is 161 Å². The van der Waals surface area contributed by atoms with Gasteiger partial charge in [0.25, 0.3) is 0 Å². The van der Waals surface area contributed by atoms with Crippen LogP contribution >= 0.6 is 0 Å². The van der Waals surface area contributed by atoms with Gasteiger partial charge in [0, 0.05) is 0 Å². The summed E-state index contributed by atoms with van der Waals surface area (Å²) in [5.41, 5.74) is 10.1. The molecule has 0 heterocycles. The molecule has 0 saturated heterocycles. The smallest absolute Gasteiger partial charge is 0.00229 e. The molecule has 0 aromatic heterocycles. The first-order chi connectivity index (χ1) is 17.0. The van der Waals surface area contributed by atoms with Crippen LogP contribution in [0.3, 0.4) is 0 Å². The Balaban J connectivity index is 1.14. The van der Waals surface area contributed by atoms with Crippen molar-refractivity contribution in [2.45, 2.75) is 74.7 Å². The average Bonchev–Trinajstić information content (AvgIpc) is 2.81. The molecule has 16 aliphatic rings. The number of fused-ring (bicyclic) bond motifs is 9. The van der Waals surface area contributed by atoms with E-state index in [9.17, 15) is 0 Å². The third-order valence-electron chi connectivity index (χ3n) is 26.0. The maximum absolute atomic E-state index is 3.05. The topological polar surface area (TPSA) is 0 Å². The number of hydrogen-bond donors (Lipinski definition) is 0. The zero-order valence-corrected chi connectivity index (χ0v) is 23.5. The summed E-state index contributed by atoms with van der Waals surface area (Å²) in [6.45, 7) is 23.6. The van der Waals surface area contributed by atoms with Crippen LogP contribution in [0.25, 0.3) is 0 Å². The second-order valence-electron chi connectivity index (χ2n) is 20.8. The SMILES string of the molecule is CC1C2CCC3C4C5C6C7CC8C9C(C)C%10(C)C%11(C)C%12(C)C%13(C)C1(C)C21C3C4(C)C1%13C%121C5C62C78C9%10C2%111. The lowest BCUT2D eigenvalue weighted by atomic mass is 8.61. The van der Waals surface area contributed by atoms with E-state index in [4.69, 9.17) is 0 Å². The van der Waals surface area contributed by atoms with Gasteiger partial charge in [0.15, 0.2) is 0 Å². The lowest BCUT2D eigenvalue weighted by Crippen LogP contribution is -3.40. The fourth-order valence-electron chi connectivity index (χ4n) is 29.4. The summed E-state index contributed by atoms with van der Waals surface area (Å²) in [7, 11) is 0. The average molecular weight is 475 g/mol. The van der Waals surface area contributed by atoms with Crippen LogP contribution in [-0.2, 0) is 0 Å². The van der Waals surface area contributed by atoms with Crippen molar-refractivity contribution in [3.63, 3.8) is 0 Å². The van der Waals surface area contributed by atoms with Gasteiger partial charge in [-0.2, -0.15) is 0 Å². The van der Waals surface area contributed by atoms with Crippen LogP contribution in [0.5, 0.6) is 0 Å². The molecule has 0 nitrogen and oxygen atoms in total. The van der Waals surface area contributed by atoms with Crippen LogP contribution in [0.15, 0.2) is 0 Å². The van der Waals surface area contributed by atoms with Crippen LogP contribution in [0.4, 0.5) is 0 Å². The summed E-state index contributed by atoms with van der Waals surface area (Å²) in [6, 6.07) is 0. The second-order valence-corrected chi connectivity index (χ2v) is 20.8. The molecule has 0 aliphatic heterocycles. The van der Waals surface area contributed by atoms with Gasteiger partial charge in [-0.1, -0.05) is 55.4 Å². The molecule has 16 rings (SSSR count). The molecule has 0 bridgehead atoms. The van der Waals surface area contributed by atoms with E-state index in [1.807, 2.05) is 0 Å². The molecule has 7 spiro atoms. The summed E-state index contributed by atoms with van der Waals surface area (Å²) in [4.78, 5) is 0. The van der Waals surface area contributed by atoms with Crippen molar-refractivity contribution in [3.8, 4) is 0 Å². The van der Waals surface area contributed by atoms with E-state index in [0.29, 0.717) is 27.1 Å². The summed E-state index contributed by atoms with van der Waals surface area (Å²) >= 11 is 0. The molecule has 36 heavy (non-hydrogen) atoms. The van der Waals surface area contributed by atoms with E-state index in [2.05, 4.69) is 55.4 Å². The van der Waals surface area contributed by atoms with E-state index in [1.54, 1.807) is 19.3 Å². The monoisotopic (exact) mass is 474 g/mol. The first kappa shape index (κ1) is 17.0. The van der Waals surface area contributed by atoms with Gasteiger partial charge >= 0.3 is 0 Å². The Hall–Kier alpha value is 0. The largest absolute Gasteiger partial charge is 0.0617 e. The van der Waals surface area contributed by atoms with Crippen molar-refractivity contribution in [1.29, 1.82) is 0 Å². The minimum Gasteiger partial charge on any atom is -0.0617 e. The second kappa shape index (κ2) is 2.96. The zero-order valence-electron chi connectivity index (χ0n) is 23.5. The molecule has 16 aliphatic carbocycles. The quantitative estimate of drug-likeness (QED) is 0.364. The molecule has 186 valence electrons. The lowest BCUT2D eigenvalue weighted by molar-refractivity contribution is -0.965. The van der Waals surface area contributed by atoms with Gasteiger partial charge < -0.3 is 0 Å². The number of hydrogen-bond acceptors (Lipinski definition) is 0. The summed E-state index contributed by atoms with van der Waals surface area (Å²) in [5, 5.41) is 0. The third-order valence-corrected chi connectivity index (χ3v) is 26.0. The van der Waals surface area contributed by atoms with Crippen LogP contribution < -0.4 is 0 Å². The normalized spacial score (nSPS) is 108. The highest BCUT2D eigenvalue weighted by atomic mass is 15.4. The van der Waals surface area contributed by atoms with Gasteiger partial charge in [-0.3, -0.25) is 0 Å². The van der Waals surface area contributed by atoms with Crippen LogP contribution in [0.1, 0.15) is 74.7 Å². The Morgan fingerprint density at radius 1 is 0.556 bits per heavy atom. The van der Waals surface area contributed by atoms with Crippen molar-refractivity contribution in [2.24, 2.45) is 141 Å². The van der Waals surface area contributed by atoms with Gasteiger partial charge in [-0.15, -0.1) is 0 Å². The van der Waals surface area contributed by atoms with E-state index in [-0.39, 0.29) is 0 Å². The van der Waals surface area contributed by atoms with E-state index in [1.165, 1.54) is 53.3 Å². The van der Waals surface area contributed by atoms with Crippen LogP contribution in [0.2, 0.25) is 0 Å². The molecule has 16 saturated carbocycles. The Labute approximate surface area is 215 Å². The van der Waals surface area contributed by atoms with Crippen molar-refractivity contribution in [3.05, 3.63) is 0 Å². The molecule has 25 atom stereocenters. The highest BCUT2D eigenvalue weighted by molar-refractivity contribution is 5.86. The minimum atomic E-state index is 0.635. The maximum Gasteiger partial charge on any atom is -0.00229 e. The van der Waals surface area contributed by atoms with E-state index < -0.39 is 0 Å². The minimum absolute atomic E-state index is 0.635. The molecule has 0 heteroatoms. The van der Waals surface area contributed by atoms with E-state index >= 15 is 0 Å². The van der Waals surface area contributed by atoms with Gasteiger partial charge in [-0.25, -0.2) is 0 Å². The Morgan fingerprint density at radius 2 is 1.28 bits per heavy atom. The van der Waals surface area contributed by atoms with E-state index in [0.717, 1.165) is 61.1 Å². The lowest BCUT2D eigenvalue weighted by Gasteiger charge is -3.42. The van der Waals surface area contributed by atoms with Crippen molar-refractivity contribution < 1.29 is 0 Å². The first-order valence-electron chi connectivity index (χ1n) is 17.0. The highest BCUT2D eigenvalue weighted by Gasteiger charge is 3.41. The summed E-state index contributed by atoms with van der Waals surface area (Å²) in [6.07, 6.45) is 5.01. The first-order valence-corrected chi connectivity index (χ1v) is 17.0. The standard InChI is InChI=1S/C36H42/c1-12-15-10-9-14-20-18-21-17-11-16-19-13(2)26(5)28(7)29(8)27(6)25(12,4)31(15)22(14)24(20,3)35(27,31)34(29)23(18)32(21)30(16,17)33(19,26)36(28,32)34/h12-23H,9-11H2,1-8H3. The molecular formula is C36H42. The van der Waals surface area contributed by atoms with Gasteiger partial charge in [0.2, 0.25) is 0 Å². The molecule has 16 fully saturated rings. The third kappa shape index (κ3) is 0.508. The van der Waals surface area contributed by atoms with Crippen LogP contribution in [-0.4, -0.2) is 0 Å². The molecule has 0 radical (unpaired) electrons.